The molecule has 0 unspecified atom stereocenters. The van der Waals surface area contributed by atoms with Crippen LogP contribution in [0.5, 0.6) is 11.5 Å². The van der Waals surface area contributed by atoms with Crippen LogP contribution in [0.25, 0.3) is 0 Å². The fourth-order valence-electron chi connectivity index (χ4n) is 3.24. The number of ether oxygens (including phenoxy) is 2. The van der Waals surface area contributed by atoms with E-state index in [2.05, 4.69) is 30.3 Å². The van der Waals surface area contributed by atoms with Crippen molar-refractivity contribution in [3.8, 4) is 11.5 Å². The highest BCUT2D eigenvalue weighted by molar-refractivity contribution is 7.92. The first-order valence-electron chi connectivity index (χ1n) is 10.3. The monoisotopic (exact) mass is 476 g/mol. The molecular formula is C23H20N6O4S. The summed E-state index contributed by atoms with van der Waals surface area (Å²) in [5, 5.41) is 6.27. The lowest BCUT2D eigenvalue weighted by Gasteiger charge is -2.19. The van der Waals surface area contributed by atoms with Crippen molar-refractivity contribution in [2.45, 2.75) is 4.90 Å². The van der Waals surface area contributed by atoms with E-state index in [1.807, 2.05) is 18.2 Å². The molecule has 10 nitrogen and oxygen atoms in total. The van der Waals surface area contributed by atoms with E-state index in [1.165, 1.54) is 18.5 Å². The summed E-state index contributed by atoms with van der Waals surface area (Å²) >= 11 is 0. The Hall–Kier alpha value is -4.38. The highest BCUT2D eigenvalue weighted by Gasteiger charge is 2.19. The van der Waals surface area contributed by atoms with Crippen LogP contribution >= 0.6 is 0 Å². The molecule has 4 aromatic rings. The first-order chi connectivity index (χ1) is 16.5. The molecule has 0 bridgehead atoms. The summed E-state index contributed by atoms with van der Waals surface area (Å²) in [5.74, 6) is 2.76. The molecule has 3 heterocycles. The van der Waals surface area contributed by atoms with Gasteiger partial charge in [0.1, 0.15) is 37.0 Å². The molecule has 1 aliphatic heterocycles. The maximum absolute atomic E-state index is 12.8. The number of sulfonamides is 1. The van der Waals surface area contributed by atoms with Gasteiger partial charge in [0.2, 0.25) is 0 Å². The third-order valence-corrected chi connectivity index (χ3v) is 6.20. The van der Waals surface area contributed by atoms with E-state index in [0.29, 0.717) is 47.9 Å². The van der Waals surface area contributed by atoms with Crippen LogP contribution in [0, 0.1) is 0 Å². The third kappa shape index (κ3) is 4.99. The van der Waals surface area contributed by atoms with Crippen LogP contribution < -0.4 is 24.8 Å². The van der Waals surface area contributed by atoms with E-state index in [0.717, 1.165) is 5.69 Å². The molecule has 0 atom stereocenters. The van der Waals surface area contributed by atoms with Crippen LogP contribution in [0.4, 0.5) is 28.8 Å². The number of hydrogen-bond donors (Lipinski definition) is 3. The number of nitrogens with zero attached hydrogens (tertiary/aromatic N) is 3. The zero-order chi connectivity index (χ0) is 23.4. The number of nitrogens with one attached hydrogen (secondary N) is 3. The average molecular weight is 477 g/mol. The SMILES string of the molecule is O=S(=O)(Nc1ccc(Nc2cc(Nc3ccccn3)ncn2)cc1)c1ccc2c(c1)OCCO2. The minimum absolute atomic E-state index is 0.0906. The first-order valence-corrected chi connectivity index (χ1v) is 11.8. The Morgan fingerprint density at radius 1 is 0.706 bits per heavy atom. The fraction of sp³-hybridized carbons (Fsp3) is 0.0870. The van der Waals surface area contributed by atoms with Gasteiger partial charge in [0, 0.05) is 29.7 Å². The normalized spacial score (nSPS) is 12.6. The van der Waals surface area contributed by atoms with Crippen molar-refractivity contribution >= 4 is 38.9 Å². The predicted octanol–water partition coefficient (Wildman–Crippen LogP) is 3.93. The summed E-state index contributed by atoms with van der Waals surface area (Å²) in [7, 11) is -3.79. The quantitative estimate of drug-likeness (QED) is 0.363. The lowest BCUT2D eigenvalue weighted by Crippen LogP contribution is -2.17. The molecule has 5 rings (SSSR count). The molecule has 2 aromatic carbocycles. The molecule has 0 saturated carbocycles. The van der Waals surface area contributed by atoms with Gasteiger partial charge in [-0.15, -0.1) is 0 Å². The number of fused-ring (bicyclic) bond motifs is 1. The zero-order valence-corrected chi connectivity index (χ0v) is 18.6. The lowest BCUT2D eigenvalue weighted by atomic mass is 10.3. The summed E-state index contributed by atoms with van der Waals surface area (Å²) in [6.45, 7) is 0.820. The van der Waals surface area contributed by atoms with Crippen LogP contribution in [0.1, 0.15) is 0 Å². The average Bonchev–Trinajstić information content (AvgIpc) is 2.86. The summed E-state index contributed by atoms with van der Waals surface area (Å²) in [6, 6.07) is 18.6. The van der Waals surface area contributed by atoms with E-state index in [4.69, 9.17) is 9.47 Å². The topological polar surface area (TPSA) is 127 Å². The van der Waals surface area contributed by atoms with Crippen molar-refractivity contribution in [3.63, 3.8) is 0 Å². The van der Waals surface area contributed by atoms with Gasteiger partial charge in [-0.2, -0.15) is 0 Å². The Morgan fingerprint density at radius 2 is 1.44 bits per heavy atom. The van der Waals surface area contributed by atoms with Crippen molar-refractivity contribution < 1.29 is 17.9 Å². The van der Waals surface area contributed by atoms with Crippen LogP contribution in [0.3, 0.4) is 0 Å². The molecule has 0 fully saturated rings. The van der Waals surface area contributed by atoms with E-state index in [1.54, 1.807) is 42.6 Å². The molecule has 0 spiro atoms. The standard InChI is InChI=1S/C23H20N6O4S/c30-34(31,18-8-9-19-20(13-18)33-12-11-32-19)29-17-6-4-16(5-7-17)27-22-14-23(26-15-25-22)28-21-3-1-2-10-24-21/h1-10,13-15,29H,11-12H2,(H2,24,25,26,27,28). The number of rotatable bonds is 7. The van der Waals surface area contributed by atoms with E-state index >= 15 is 0 Å². The van der Waals surface area contributed by atoms with Gasteiger partial charge in [-0.25, -0.2) is 23.4 Å². The van der Waals surface area contributed by atoms with Gasteiger partial charge < -0.3 is 20.1 Å². The Balaban J connectivity index is 1.26. The van der Waals surface area contributed by atoms with Crippen molar-refractivity contribution in [2.24, 2.45) is 0 Å². The molecule has 1 aliphatic rings. The smallest absolute Gasteiger partial charge is 0.262 e. The maximum atomic E-state index is 12.8. The van der Waals surface area contributed by atoms with Crippen LogP contribution in [-0.2, 0) is 10.0 Å². The van der Waals surface area contributed by atoms with Crippen molar-refractivity contribution in [1.82, 2.24) is 15.0 Å². The second-order valence-corrected chi connectivity index (χ2v) is 8.92. The summed E-state index contributed by atoms with van der Waals surface area (Å²) in [5.41, 5.74) is 1.14. The summed E-state index contributed by atoms with van der Waals surface area (Å²) < 4.78 is 39.1. The molecule has 172 valence electrons. The van der Waals surface area contributed by atoms with Gasteiger partial charge in [-0.1, -0.05) is 6.07 Å². The van der Waals surface area contributed by atoms with Gasteiger partial charge in [-0.3, -0.25) is 4.72 Å². The van der Waals surface area contributed by atoms with E-state index in [9.17, 15) is 8.42 Å². The van der Waals surface area contributed by atoms with Gasteiger partial charge in [-0.05, 0) is 48.5 Å². The number of benzene rings is 2. The summed E-state index contributed by atoms with van der Waals surface area (Å²) in [6.07, 6.45) is 3.12. The highest BCUT2D eigenvalue weighted by atomic mass is 32.2. The van der Waals surface area contributed by atoms with Crippen LogP contribution in [-0.4, -0.2) is 36.6 Å². The molecule has 0 aliphatic carbocycles. The lowest BCUT2D eigenvalue weighted by molar-refractivity contribution is 0.171. The fourth-order valence-corrected chi connectivity index (χ4v) is 4.31. The third-order valence-electron chi connectivity index (χ3n) is 4.82. The van der Waals surface area contributed by atoms with Gasteiger partial charge in [0.05, 0.1) is 4.90 Å². The number of hydrogen-bond acceptors (Lipinski definition) is 9. The largest absolute Gasteiger partial charge is 0.486 e. The van der Waals surface area contributed by atoms with Gasteiger partial charge in [0.25, 0.3) is 10.0 Å². The Bertz CT molecular complexity index is 1400. The maximum Gasteiger partial charge on any atom is 0.262 e. The zero-order valence-electron chi connectivity index (χ0n) is 17.8. The second kappa shape index (κ2) is 9.24. The molecular weight excluding hydrogens is 456 g/mol. The minimum atomic E-state index is -3.79. The van der Waals surface area contributed by atoms with Crippen molar-refractivity contribution in [3.05, 3.63) is 79.3 Å². The molecule has 0 radical (unpaired) electrons. The van der Waals surface area contributed by atoms with Crippen LogP contribution in [0.15, 0.2) is 84.1 Å². The number of aromatic nitrogens is 3. The second-order valence-electron chi connectivity index (χ2n) is 7.24. The molecule has 3 N–H and O–H groups in total. The van der Waals surface area contributed by atoms with Gasteiger partial charge >= 0.3 is 0 Å². The molecule has 11 heteroatoms. The number of pyridine rings is 1. The first kappa shape index (κ1) is 21.5. The Morgan fingerprint density at radius 3 is 2.21 bits per heavy atom. The van der Waals surface area contributed by atoms with E-state index in [-0.39, 0.29) is 4.90 Å². The molecule has 0 amide bonds. The predicted molar refractivity (Wildman–Crippen MR) is 128 cm³/mol. The summed E-state index contributed by atoms with van der Waals surface area (Å²) in [4.78, 5) is 12.7. The van der Waals surface area contributed by atoms with Crippen LogP contribution in [0.2, 0.25) is 0 Å². The number of anilines is 5. The minimum Gasteiger partial charge on any atom is -0.486 e. The highest BCUT2D eigenvalue weighted by Crippen LogP contribution is 2.33. The van der Waals surface area contributed by atoms with Crippen molar-refractivity contribution in [2.75, 3.05) is 28.6 Å². The molecule has 0 saturated heterocycles. The Labute approximate surface area is 196 Å². The van der Waals surface area contributed by atoms with Gasteiger partial charge in [0.15, 0.2) is 11.5 Å². The molecule has 34 heavy (non-hydrogen) atoms. The molecule has 2 aromatic heterocycles. The van der Waals surface area contributed by atoms with E-state index < -0.39 is 10.0 Å². The Kier molecular flexibility index (Phi) is 5.83. The van der Waals surface area contributed by atoms with Crippen molar-refractivity contribution in [1.29, 1.82) is 0 Å².